The fourth-order valence-electron chi connectivity index (χ4n) is 2.21. The third-order valence-corrected chi connectivity index (χ3v) is 4.82. The van der Waals surface area contributed by atoms with E-state index in [9.17, 15) is 12.8 Å². The van der Waals surface area contributed by atoms with E-state index in [4.69, 9.17) is 0 Å². The first-order valence-electron chi connectivity index (χ1n) is 7.16. The van der Waals surface area contributed by atoms with E-state index in [0.717, 1.165) is 23.3 Å². The third kappa shape index (κ3) is 3.64. The minimum absolute atomic E-state index is 0.00992. The quantitative estimate of drug-likeness (QED) is 0.773. The molecule has 1 N–H and O–H groups in total. The highest BCUT2D eigenvalue weighted by Crippen LogP contribution is 2.20. The molecule has 0 saturated heterocycles. The molecule has 0 spiro atoms. The van der Waals surface area contributed by atoms with Crippen molar-refractivity contribution < 1.29 is 12.8 Å². The summed E-state index contributed by atoms with van der Waals surface area (Å²) in [5.41, 5.74) is 2.18. The van der Waals surface area contributed by atoms with Gasteiger partial charge in [0.05, 0.1) is 10.6 Å². The number of sulfonamides is 1. The van der Waals surface area contributed by atoms with E-state index < -0.39 is 15.8 Å². The summed E-state index contributed by atoms with van der Waals surface area (Å²) in [4.78, 5) is 8.37. The van der Waals surface area contributed by atoms with Crippen LogP contribution in [0.4, 0.5) is 4.39 Å². The van der Waals surface area contributed by atoms with Gasteiger partial charge in [-0.05, 0) is 48.0 Å². The van der Waals surface area contributed by atoms with Gasteiger partial charge in [-0.25, -0.2) is 17.5 Å². The summed E-state index contributed by atoms with van der Waals surface area (Å²) in [5, 5.41) is 0. The maximum absolute atomic E-state index is 12.9. The summed E-state index contributed by atoms with van der Waals surface area (Å²) in [5.74, 6) is -0.486. The van der Waals surface area contributed by atoms with Crippen LogP contribution in [0.5, 0.6) is 0 Å². The van der Waals surface area contributed by atoms with Crippen LogP contribution in [0, 0.1) is 5.82 Å². The summed E-state index contributed by atoms with van der Waals surface area (Å²) in [6.07, 6.45) is 4.96. The van der Waals surface area contributed by atoms with Gasteiger partial charge in [-0.3, -0.25) is 9.97 Å². The van der Waals surface area contributed by atoms with Gasteiger partial charge in [0.25, 0.3) is 0 Å². The molecule has 3 aromatic rings. The van der Waals surface area contributed by atoms with Crippen molar-refractivity contribution in [1.29, 1.82) is 0 Å². The number of pyridine rings is 2. The lowest BCUT2D eigenvalue weighted by Crippen LogP contribution is -2.23. The zero-order valence-corrected chi connectivity index (χ0v) is 13.4. The standard InChI is InChI=1S/C17H14FN3O2S/c18-15-5-7-16(8-6-15)24(22,23)21-12-14-4-2-10-20-17(14)13-3-1-9-19-11-13/h1-11,21H,12H2. The monoisotopic (exact) mass is 343 g/mol. The summed E-state index contributed by atoms with van der Waals surface area (Å²) >= 11 is 0. The Morgan fingerprint density at radius 3 is 2.46 bits per heavy atom. The number of nitrogens with one attached hydrogen (secondary N) is 1. The van der Waals surface area contributed by atoms with E-state index in [1.807, 2.05) is 6.07 Å². The van der Waals surface area contributed by atoms with Crippen LogP contribution in [-0.4, -0.2) is 18.4 Å². The highest BCUT2D eigenvalue weighted by atomic mass is 32.2. The molecule has 0 fully saturated rings. The number of aromatic nitrogens is 2. The fourth-order valence-corrected chi connectivity index (χ4v) is 3.22. The van der Waals surface area contributed by atoms with Crippen molar-refractivity contribution in [3.63, 3.8) is 0 Å². The lowest BCUT2D eigenvalue weighted by atomic mass is 10.1. The van der Waals surface area contributed by atoms with E-state index in [2.05, 4.69) is 14.7 Å². The molecule has 0 aliphatic rings. The molecule has 2 aromatic heterocycles. The molecule has 0 saturated carbocycles. The van der Waals surface area contributed by atoms with Crippen LogP contribution < -0.4 is 4.72 Å². The molecule has 0 atom stereocenters. The maximum Gasteiger partial charge on any atom is 0.240 e. The van der Waals surface area contributed by atoms with E-state index >= 15 is 0 Å². The second-order valence-corrected chi connectivity index (χ2v) is 6.80. The average Bonchev–Trinajstić information content (AvgIpc) is 2.61. The van der Waals surface area contributed by atoms with Crippen molar-refractivity contribution in [2.75, 3.05) is 0 Å². The van der Waals surface area contributed by atoms with Crippen molar-refractivity contribution in [2.45, 2.75) is 11.4 Å². The SMILES string of the molecule is O=S(=O)(NCc1cccnc1-c1cccnc1)c1ccc(F)cc1. The van der Waals surface area contributed by atoms with Gasteiger partial charge in [-0.2, -0.15) is 0 Å². The van der Waals surface area contributed by atoms with Crippen molar-refractivity contribution >= 4 is 10.0 Å². The maximum atomic E-state index is 12.9. The Hall–Kier alpha value is -2.64. The molecular formula is C17H14FN3O2S. The molecule has 7 heteroatoms. The van der Waals surface area contributed by atoms with Crippen LogP contribution in [0.2, 0.25) is 0 Å². The second kappa shape index (κ2) is 6.86. The molecule has 0 bridgehead atoms. The first-order chi connectivity index (χ1) is 11.6. The number of hydrogen-bond acceptors (Lipinski definition) is 4. The number of nitrogens with zero attached hydrogens (tertiary/aromatic N) is 2. The van der Waals surface area contributed by atoms with Crippen LogP contribution in [0.3, 0.4) is 0 Å². The second-order valence-electron chi connectivity index (χ2n) is 5.03. The molecule has 0 unspecified atom stereocenters. The van der Waals surface area contributed by atoms with Gasteiger partial charge in [0.15, 0.2) is 0 Å². The van der Waals surface area contributed by atoms with Crippen molar-refractivity contribution in [3.05, 3.63) is 78.5 Å². The normalized spacial score (nSPS) is 11.4. The third-order valence-electron chi connectivity index (χ3n) is 3.40. The van der Waals surface area contributed by atoms with Crippen LogP contribution in [0.1, 0.15) is 5.56 Å². The Morgan fingerprint density at radius 2 is 1.75 bits per heavy atom. The van der Waals surface area contributed by atoms with Gasteiger partial charge in [0, 0.05) is 30.7 Å². The highest BCUT2D eigenvalue weighted by molar-refractivity contribution is 7.89. The predicted molar refractivity (Wildman–Crippen MR) is 87.9 cm³/mol. The van der Waals surface area contributed by atoms with Gasteiger partial charge in [-0.1, -0.05) is 6.07 Å². The zero-order chi connectivity index (χ0) is 17.0. The number of rotatable bonds is 5. The molecule has 0 amide bonds. The molecule has 3 rings (SSSR count). The molecule has 0 radical (unpaired) electrons. The number of benzene rings is 1. The Kier molecular flexibility index (Phi) is 4.64. The van der Waals surface area contributed by atoms with E-state index in [-0.39, 0.29) is 11.4 Å². The van der Waals surface area contributed by atoms with Crippen LogP contribution in [0.15, 0.2) is 72.0 Å². The lowest BCUT2D eigenvalue weighted by Gasteiger charge is -2.10. The minimum Gasteiger partial charge on any atom is -0.264 e. The van der Waals surface area contributed by atoms with E-state index in [0.29, 0.717) is 5.69 Å². The summed E-state index contributed by atoms with van der Waals surface area (Å²) in [7, 11) is -3.73. The predicted octanol–water partition coefficient (Wildman–Crippen LogP) is 2.76. The zero-order valence-electron chi connectivity index (χ0n) is 12.6. The number of hydrogen-bond donors (Lipinski definition) is 1. The highest BCUT2D eigenvalue weighted by Gasteiger charge is 2.15. The largest absolute Gasteiger partial charge is 0.264 e. The Balaban J connectivity index is 1.84. The Labute approximate surface area is 139 Å². The van der Waals surface area contributed by atoms with Gasteiger partial charge >= 0.3 is 0 Å². The molecule has 122 valence electrons. The molecule has 24 heavy (non-hydrogen) atoms. The molecule has 0 aliphatic carbocycles. The molecule has 5 nitrogen and oxygen atoms in total. The first-order valence-corrected chi connectivity index (χ1v) is 8.64. The van der Waals surface area contributed by atoms with Gasteiger partial charge < -0.3 is 0 Å². The minimum atomic E-state index is -3.73. The fraction of sp³-hybridized carbons (Fsp3) is 0.0588. The molecule has 1 aromatic carbocycles. The van der Waals surface area contributed by atoms with Crippen molar-refractivity contribution in [2.24, 2.45) is 0 Å². The van der Waals surface area contributed by atoms with Gasteiger partial charge in [-0.15, -0.1) is 0 Å². The molecular weight excluding hydrogens is 329 g/mol. The van der Waals surface area contributed by atoms with Crippen LogP contribution >= 0.6 is 0 Å². The average molecular weight is 343 g/mol. The first kappa shape index (κ1) is 16.2. The van der Waals surface area contributed by atoms with E-state index in [1.165, 1.54) is 12.1 Å². The summed E-state index contributed by atoms with van der Waals surface area (Å²) in [6, 6.07) is 11.8. The summed E-state index contributed by atoms with van der Waals surface area (Å²) in [6.45, 7) is 0.0672. The molecule has 0 aliphatic heterocycles. The van der Waals surface area contributed by atoms with E-state index in [1.54, 1.807) is 36.8 Å². The van der Waals surface area contributed by atoms with Gasteiger partial charge in [0.1, 0.15) is 5.82 Å². The smallest absolute Gasteiger partial charge is 0.240 e. The molecule has 2 heterocycles. The Morgan fingerprint density at radius 1 is 1.00 bits per heavy atom. The lowest BCUT2D eigenvalue weighted by molar-refractivity contribution is 0.580. The van der Waals surface area contributed by atoms with Crippen molar-refractivity contribution in [3.8, 4) is 11.3 Å². The Bertz CT molecular complexity index is 930. The number of halogens is 1. The van der Waals surface area contributed by atoms with Crippen molar-refractivity contribution in [1.82, 2.24) is 14.7 Å². The topological polar surface area (TPSA) is 72.0 Å². The van der Waals surface area contributed by atoms with Crippen LogP contribution in [0.25, 0.3) is 11.3 Å². The summed E-state index contributed by atoms with van der Waals surface area (Å²) < 4.78 is 40.0. The van der Waals surface area contributed by atoms with Gasteiger partial charge in [0.2, 0.25) is 10.0 Å². The van der Waals surface area contributed by atoms with Crippen LogP contribution in [-0.2, 0) is 16.6 Å².